The van der Waals surface area contributed by atoms with Crippen molar-refractivity contribution in [3.8, 4) is 39.4 Å². The Labute approximate surface area is 186 Å². The van der Waals surface area contributed by atoms with Gasteiger partial charge in [0.25, 0.3) is 0 Å². The molecule has 6 rings (SSSR count). The van der Waals surface area contributed by atoms with Gasteiger partial charge < -0.3 is 15.8 Å². The number of nitrogens with two attached hydrogens (primary N) is 1. The molecule has 6 aromatic rings. The third kappa shape index (κ3) is 3.25. The number of rotatable bonds is 3. The van der Waals surface area contributed by atoms with Gasteiger partial charge >= 0.3 is 0 Å². The van der Waals surface area contributed by atoms with E-state index < -0.39 is 5.82 Å². The van der Waals surface area contributed by atoms with Crippen LogP contribution in [-0.2, 0) is 0 Å². The van der Waals surface area contributed by atoms with E-state index in [4.69, 9.17) is 5.73 Å². The zero-order valence-corrected chi connectivity index (χ0v) is 17.2. The summed E-state index contributed by atoms with van der Waals surface area (Å²) in [6, 6.07) is 15.6. The van der Waals surface area contributed by atoms with E-state index in [1.54, 1.807) is 24.7 Å². The van der Waals surface area contributed by atoms with Crippen molar-refractivity contribution in [2.24, 2.45) is 0 Å². The van der Waals surface area contributed by atoms with E-state index in [9.17, 15) is 9.50 Å². The van der Waals surface area contributed by atoms with E-state index in [1.807, 2.05) is 36.4 Å². The van der Waals surface area contributed by atoms with Gasteiger partial charge in [-0.25, -0.2) is 9.37 Å². The first-order chi connectivity index (χ1) is 16.0. The Morgan fingerprint density at radius 2 is 1.76 bits per heavy atom. The van der Waals surface area contributed by atoms with E-state index >= 15 is 0 Å². The summed E-state index contributed by atoms with van der Waals surface area (Å²) in [4.78, 5) is 12.0. The van der Waals surface area contributed by atoms with E-state index in [2.05, 4.69) is 25.1 Å². The number of phenols is 1. The summed E-state index contributed by atoms with van der Waals surface area (Å²) < 4.78 is 13.9. The van der Waals surface area contributed by atoms with Crippen LogP contribution in [0.1, 0.15) is 0 Å². The third-order valence-electron chi connectivity index (χ3n) is 5.63. The maximum absolute atomic E-state index is 13.9. The zero-order valence-electron chi connectivity index (χ0n) is 17.2. The number of hydrogen-bond donors (Lipinski definition) is 4. The van der Waals surface area contributed by atoms with Gasteiger partial charge in [-0.2, -0.15) is 5.10 Å². The number of nitrogens with one attached hydrogen (secondary N) is 2. The molecule has 0 radical (unpaired) electrons. The highest BCUT2D eigenvalue weighted by Crippen LogP contribution is 2.36. The number of H-pyrrole nitrogens is 2. The van der Waals surface area contributed by atoms with Crippen LogP contribution in [0.15, 0.2) is 73.2 Å². The lowest BCUT2D eigenvalue weighted by molar-refractivity contribution is 0.469. The van der Waals surface area contributed by atoms with Crippen molar-refractivity contribution < 1.29 is 9.50 Å². The van der Waals surface area contributed by atoms with Crippen molar-refractivity contribution in [1.29, 1.82) is 0 Å². The fourth-order valence-electron chi connectivity index (χ4n) is 4.15. The summed E-state index contributed by atoms with van der Waals surface area (Å²) in [6.45, 7) is 0. The van der Waals surface area contributed by atoms with Crippen molar-refractivity contribution in [3.05, 3.63) is 79.0 Å². The molecule has 7 nitrogen and oxygen atoms in total. The monoisotopic (exact) mass is 436 g/mol. The van der Waals surface area contributed by atoms with Gasteiger partial charge in [-0.1, -0.05) is 12.1 Å². The third-order valence-corrected chi connectivity index (χ3v) is 5.63. The SMILES string of the molecule is Nc1cncc(-c2cnc3n[nH]c(-c4cc5c(-c6cc(O)cc(F)c6)cccc5[nH]4)c3c2)c1. The Kier molecular flexibility index (Phi) is 4.13. The van der Waals surface area contributed by atoms with Crippen LogP contribution in [0.3, 0.4) is 0 Å². The van der Waals surface area contributed by atoms with Gasteiger partial charge in [0.2, 0.25) is 0 Å². The lowest BCUT2D eigenvalue weighted by atomic mass is 10.0. The molecule has 0 unspecified atom stereocenters. The molecule has 0 fully saturated rings. The summed E-state index contributed by atoms with van der Waals surface area (Å²) >= 11 is 0. The standard InChI is InChI=1S/C25H17FN6O/c26-16-4-13(6-18(33)8-16)19-2-1-3-22-20(19)9-23(30-22)24-21-7-15(11-29-25(21)32-31-24)14-5-17(27)12-28-10-14/h1-12,30,33H,27H2,(H,29,31,32). The molecule has 33 heavy (non-hydrogen) atoms. The highest BCUT2D eigenvalue weighted by atomic mass is 19.1. The average Bonchev–Trinajstić information content (AvgIpc) is 3.41. The number of phenolic OH excluding ortho intramolecular Hbond substituents is 1. The van der Waals surface area contributed by atoms with Gasteiger partial charge in [0.05, 0.1) is 17.1 Å². The van der Waals surface area contributed by atoms with Crippen molar-refractivity contribution in [2.75, 3.05) is 5.73 Å². The van der Waals surface area contributed by atoms with Gasteiger partial charge in [-0.3, -0.25) is 10.1 Å². The van der Waals surface area contributed by atoms with E-state index in [-0.39, 0.29) is 5.75 Å². The second kappa shape index (κ2) is 7.16. The highest BCUT2D eigenvalue weighted by molar-refractivity contribution is 6.01. The Bertz CT molecular complexity index is 1650. The molecular formula is C25H17FN6O. The van der Waals surface area contributed by atoms with Crippen LogP contribution in [0.25, 0.3) is 55.6 Å². The first kappa shape index (κ1) is 19.0. The first-order valence-corrected chi connectivity index (χ1v) is 10.2. The van der Waals surface area contributed by atoms with Crippen molar-refractivity contribution in [1.82, 2.24) is 25.1 Å². The number of fused-ring (bicyclic) bond motifs is 2. The molecular weight excluding hydrogens is 419 g/mol. The number of aromatic amines is 2. The number of hydrogen-bond acceptors (Lipinski definition) is 5. The number of aromatic hydroxyl groups is 1. The minimum atomic E-state index is -0.494. The molecule has 4 heterocycles. The Morgan fingerprint density at radius 1 is 0.879 bits per heavy atom. The number of aromatic nitrogens is 5. The second-order valence-electron chi connectivity index (χ2n) is 7.85. The summed E-state index contributed by atoms with van der Waals surface area (Å²) in [6.07, 6.45) is 5.07. The number of pyridine rings is 2. The molecule has 8 heteroatoms. The van der Waals surface area contributed by atoms with Crippen molar-refractivity contribution in [3.63, 3.8) is 0 Å². The molecule has 160 valence electrons. The molecule has 0 aliphatic rings. The van der Waals surface area contributed by atoms with Crippen LogP contribution in [-0.4, -0.2) is 30.3 Å². The second-order valence-corrected chi connectivity index (χ2v) is 7.85. The molecule has 0 bridgehead atoms. The van der Waals surface area contributed by atoms with Crippen LogP contribution in [0.5, 0.6) is 5.75 Å². The highest BCUT2D eigenvalue weighted by Gasteiger charge is 2.15. The predicted molar refractivity (Wildman–Crippen MR) is 126 cm³/mol. The van der Waals surface area contributed by atoms with Gasteiger partial charge in [-0.05, 0) is 47.5 Å². The van der Waals surface area contributed by atoms with Crippen molar-refractivity contribution in [2.45, 2.75) is 0 Å². The van der Waals surface area contributed by atoms with Crippen LogP contribution in [0.2, 0.25) is 0 Å². The summed E-state index contributed by atoms with van der Waals surface area (Å²) in [5.41, 5.74) is 12.6. The van der Waals surface area contributed by atoms with E-state index in [1.165, 1.54) is 6.07 Å². The molecule has 0 amide bonds. The van der Waals surface area contributed by atoms with Crippen LogP contribution in [0, 0.1) is 5.82 Å². The number of nitrogen functional groups attached to an aromatic ring is 1. The molecule has 0 atom stereocenters. The fourth-order valence-corrected chi connectivity index (χ4v) is 4.15. The summed E-state index contributed by atoms with van der Waals surface area (Å²) in [7, 11) is 0. The molecule has 4 aromatic heterocycles. The van der Waals surface area contributed by atoms with E-state index in [0.717, 1.165) is 50.4 Å². The van der Waals surface area contributed by atoms with Gasteiger partial charge in [0.1, 0.15) is 11.6 Å². The minimum Gasteiger partial charge on any atom is -0.508 e. The average molecular weight is 436 g/mol. The number of halogens is 1. The molecule has 0 spiro atoms. The quantitative estimate of drug-likeness (QED) is 0.302. The number of benzene rings is 2. The van der Waals surface area contributed by atoms with Gasteiger partial charge in [0.15, 0.2) is 5.65 Å². The first-order valence-electron chi connectivity index (χ1n) is 10.2. The smallest absolute Gasteiger partial charge is 0.181 e. The molecule has 0 aliphatic carbocycles. The Hall–Kier alpha value is -4.72. The lowest BCUT2D eigenvalue weighted by Crippen LogP contribution is -1.88. The lowest BCUT2D eigenvalue weighted by Gasteiger charge is -2.05. The normalized spacial score (nSPS) is 11.4. The van der Waals surface area contributed by atoms with E-state index in [0.29, 0.717) is 16.9 Å². The molecule has 5 N–H and O–H groups in total. The minimum absolute atomic E-state index is 0.119. The molecule has 0 aliphatic heterocycles. The maximum atomic E-state index is 13.9. The maximum Gasteiger partial charge on any atom is 0.181 e. The zero-order chi connectivity index (χ0) is 22.5. The van der Waals surface area contributed by atoms with Gasteiger partial charge in [-0.15, -0.1) is 0 Å². The van der Waals surface area contributed by atoms with Crippen LogP contribution < -0.4 is 5.73 Å². The summed E-state index contributed by atoms with van der Waals surface area (Å²) in [5.74, 6) is -0.612. The molecule has 0 saturated heterocycles. The largest absolute Gasteiger partial charge is 0.508 e. The van der Waals surface area contributed by atoms with Gasteiger partial charge in [0, 0.05) is 52.1 Å². The fraction of sp³-hybridized carbons (Fsp3) is 0. The predicted octanol–water partition coefficient (Wildman–Crippen LogP) is 5.26. The topological polar surface area (TPSA) is 116 Å². The van der Waals surface area contributed by atoms with Crippen LogP contribution >= 0.6 is 0 Å². The number of anilines is 1. The van der Waals surface area contributed by atoms with Crippen LogP contribution in [0.4, 0.5) is 10.1 Å². The molecule has 2 aromatic carbocycles. The Morgan fingerprint density at radius 3 is 2.61 bits per heavy atom. The molecule has 0 saturated carbocycles. The summed E-state index contributed by atoms with van der Waals surface area (Å²) in [5, 5.41) is 19.0. The Balaban J connectivity index is 1.51. The van der Waals surface area contributed by atoms with Crippen molar-refractivity contribution >= 4 is 27.6 Å². The number of nitrogens with zero attached hydrogens (tertiary/aromatic N) is 3.